The van der Waals surface area contributed by atoms with Gasteiger partial charge >= 0.3 is 0 Å². The van der Waals surface area contributed by atoms with Crippen molar-refractivity contribution in [3.63, 3.8) is 0 Å². The van der Waals surface area contributed by atoms with Crippen molar-refractivity contribution >= 4 is 37.8 Å². The maximum absolute atomic E-state index is 12.0. The number of nitrogens with one attached hydrogen (secondary N) is 1. The van der Waals surface area contributed by atoms with Crippen LogP contribution in [0.2, 0.25) is 0 Å². The summed E-state index contributed by atoms with van der Waals surface area (Å²) < 4.78 is 1.75. The van der Waals surface area contributed by atoms with Crippen LogP contribution in [-0.2, 0) is 6.42 Å². The molecule has 0 bridgehead atoms. The molecule has 0 saturated carbocycles. The molecule has 0 fully saturated rings. The molecule has 0 aliphatic rings. The van der Waals surface area contributed by atoms with Crippen molar-refractivity contribution in [1.82, 2.24) is 5.32 Å². The molecule has 104 valence electrons. The SMILES string of the molecule is O=C(NCCCc1ccccc1)c1ccc(Br)cc1Br. The van der Waals surface area contributed by atoms with Gasteiger partial charge in [-0.05, 0) is 52.5 Å². The van der Waals surface area contributed by atoms with E-state index in [-0.39, 0.29) is 5.91 Å². The Morgan fingerprint density at radius 2 is 1.80 bits per heavy atom. The second kappa shape index (κ2) is 7.60. The molecule has 1 amide bonds. The van der Waals surface area contributed by atoms with Gasteiger partial charge in [-0.2, -0.15) is 0 Å². The zero-order valence-electron chi connectivity index (χ0n) is 10.9. The Labute approximate surface area is 135 Å². The van der Waals surface area contributed by atoms with Gasteiger partial charge in [0.05, 0.1) is 5.56 Å². The highest BCUT2D eigenvalue weighted by molar-refractivity contribution is 9.11. The fraction of sp³-hybridized carbons (Fsp3) is 0.188. The number of aryl methyl sites for hydroxylation is 1. The van der Waals surface area contributed by atoms with Crippen molar-refractivity contribution in [1.29, 1.82) is 0 Å². The van der Waals surface area contributed by atoms with E-state index < -0.39 is 0 Å². The Bertz CT molecular complexity index is 584. The fourth-order valence-electron chi connectivity index (χ4n) is 1.91. The van der Waals surface area contributed by atoms with Crippen LogP contribution < -0.4 is 5.32 Å². The Morgan fingerprint density at radius 1 is 1.05 bits per heavy atom. The molecule has 20 heavy (non-hydrogen) atoms. The lowest BCUT2D eigenvalue weighted by Crippen LogP contribution is -2.25. The highest BCUT2D eigenvalue weighted by Crippen LogP contribution is 2.21. The zero-order valence-corrected chi connectivity index (χ0v) is 14.1. The lowest BCUT2D eigenvalue weighted by atomic mass is 10.1. The van der Waals surface area contributed by atoms with Crippen molar-refractivity contribution < 1.29 is 4.79 Å². The van der Waals surface area contributed by atoms with E-state index in [4.69, 9.17) is 0 Å². The van der Waals surface area contributed by atoms with Gasteiger partial charge in [0.25, 0.3) is 5.91 Å². The van der Waals surface area contributed by atoms with Gasteiger partial charge in [0.2, 0.25) is 0 Å². The van der Waals surface area contributed by atoms with Crippen LogP contribution >= 0.6 is 31.9 Å². The molecule has 2 aromatic rings. The first-order chi connectivity index (χ1) is 9.66. The molecule has 0 aliphatic carbocycles. The summed E-state index contributed by atoms with van der Waals surface area (Å²) in [6.45, 7) is 0.677. The summed E-state index contributed by atoms with van der Waals surface area (Å²) in [5.41, 5.74) is 1.96. The molecule has 0 radical (unpaired) electrons. The molecule has 1 N–H and O–H groups in total. The van der Waals surface area contributed by atoms with Crippen LogP contribution in [0.25, 0.3) is 0 Å². The monoisotopic (exact) mass is 395 g/mol. The highest BCUT2D eigenvalue weighted by Gasteiger charge is 2.09. The third kappa shape index (κ3) is 4.46. The number of benzene rings is 2. The van der Waals surface area contributed by atoms with E-state index in [1.54, 1.807) is 6.07 Å². The third-order valence-corrected chi connectivity index (χ3v) is 4.10. The summed E-state index contributed by atoms with van der Waals surface area (Å²) in [6.07, 6.45) is 1.91. The minimum absolute atomic E-state index is 0.0440. The summed E-state index contributed by atoms with van der Waals surface area (Å²) in [5.74, 6) is -0.0440. The summed E-state index contributed by atoms with van der Waals surface area (Å²) in [7, 11) is 0. The van der Waals surface area contributed by atoms with Crippen molar-refractivity contribution in [2.45, 2.75) is 12.8 Å². The number of hydrogen-bond acceptors (Lipinski definition) is 1. The molecule has 0 unspecified atom stereocenters. The molecule has 2 aromatic carbocycles. The number of halogens is 2. The summed E-state index contributed by atoms with van der Waals surface area (Å²) in [5, 5.41) is 2.95. The summed E-state index contributed by atoms with van der Waals surface area (Å²) >= 11 is 6.78. The molecule has 4 heteroatoms. The predicted molar refractivity (Wildman–Crippen MR) is 88.9 cm³/mol. The standard InChI is InChI=1S/C16H15Br2NO/c17-13-8-9-14(15(18)11-13)16(20)19-10-4-7-12-5-2-1-3-6-12/h1-3,5-6,8-9,11H,4,7,10H2,(H,19,20). The van der Waals surface area contributed by atoms with E-state index >= 15 is 0 Å². The first-order valence-corrected chi connectivity index (χ1v) is 8.02. The van der Waals surface area contributed by atoms with Crippen LogP contribution in [0.4, 0.5) is 0 Å². The van der Waals surface area contributed by atoms with Gasteiger partial charge in [-0.3, -0.25) is 4.79 Å². The minimum atomic E-state index is -0.0440. The summed E-state index contributed by atoms with van der Waals surface area (Å²) in [4.78, 5) is 12.0. The smallest absolute Gasteiger partial charge is 0.252 e. The van der Waals surface area contributed by atoms with Gasteiger partial charge in [-0.15, -0.1) is 0 Å². The second-order valence-corrected chi connectivity index (χ2v) is 6.24. The first kappa shape index (κ1) is 15.3. The van der Waals surface area contributed by atoms with E-state index in [1.165, 1.54) is 5.56 Å². The van der Waals surface area contributed by atoms with Crippen LogP contribution in [0.5, 0.6) is 0 Å². The van der Waals surface area contributed by atoms with Crippen molar-refractivity contribution in [2.24, 2.45) is 0 Å². The molecule has 0 aliphatic heterocycles. The number of hydrogen-bond donors (Lipinski definition) is 1. The maximum Gasteiger partial charge on any atom is 0.252 e. The van der Waals surface area contributed by atoms with E-state index in [1.807, 2.05) is 30.3 Å². The lowest BCUT2D eigenvalue weighted by molar-refractivity contribution is 0.0952. The molecule has 0 heterocycles. The largest absolute Gasteiger partial charge is 0.352 e. The Balaban J connectivity index is 1.80. The van der Waals surface area contributed by atoms with E-state index in [0.717, 1.165) is 21.8 Å². The van der Waals surface area contributed by atoms with Crippen molar-refractivity contribution in [2.75, 3.05) is 6.54 Å². The fourth-order valence-corrected chi connectivity index (χ4v) is 3.14. The van der Waals surface area contributed by atoms with Gasteiger partial charge in [0.1, 0.15) is 0 Å². The van der Waals surface area contributed by atoms with Crippen molar-refractivity contribution in [3.05, 3.63) is 68.6 Å². The normalized spacial score (nSPS) is 10.3. The average molecular weight is 397 g/mol. The number of rotatable bonds is 5. The molecule has 2 rings (SSSR count). The van der Waals surface area contributed by atoms with Crippen LogP contribution in [0.3, 0.4) is 0 Å². The Morgan fingerprint density at radius 3 is 2.50 bits per heavy atom. The van der Waals surface area contributed by atoms with E-state index in [9.17, 15) is 4.79 Å². The quantitative estimate of drug-likeness (QED) is 0.736. The van der Waals surface area contributed by atoms with E-state index in [2.05, 4.69) is 49.3 Å². The Hall–Kier alpha value is -1.13. The van der Waals surface area contributed by atoms with Gasteiger partial charge in [0, 0.05) is 15.5 Å². The number of carbonyl (C=O) groups is 1. The maximum atomic E-state index is 12.0. The summed E-state index contributed by atoms with van der Waals surface area (Å²) in [6, 6.07) is 15.8. The molecular weight excluding hydrogens is 382 g/mol. The first-order valence-electron chi connectivity index (χ1n) is 6.44. The highest BCUT2D eigenvalue weighted by atomic mass is 79.9. The van der Waals surface area contributed by atoms with Gasteiger partial charge in [0.15, 0.2) is 0 Å². The molecule has 0 spiro atoms. The second-order valence-electron chi connectivity index (χ2n) is 4.47. The third-order valence-electron chi connectivity index (χ3n) is 2.95. The topological polar surface area (TPSA) is 29.1 Å². The van der Waals surface area contributed by atoms with Gasteiger partial charge in [-0.1, -0.05) is 46.3 Å². The molecule has 0 aromatic heterocycles. The van der Waals surface area contributed by atoms with Gasteiger partial charge < -0.3 is 5.32 Å². The molecule has 0 saturated heterocycles. The van der Waals surface area contributed by atoms with Crippen LogP contribution in [0, 0.1) is 0 Å². The van der Waals surface area contributed by atoms with Gasteiger partial charge in [-0.25, -0.2) is 0 Å². The van der Waals surface area contributed by atoms with Crippen LogP contribution in [0.15, 0.2) is 57.5 Å². The van der Waals surface area contributed by atoms with Crippen molar-refractivity contribution in [3.8, 4) is 0 Å². The lowest BCUT2D eigenvalue weighted by Gasteiger charge is -2.07. The zero-order chi connectivity index (χ0) is 14.4. The molecule has 0 atom stereocenters. The van der Waals surface area contributed by atoms with Crippen LogP contribution in [-0.4, -0.2) is 12.5 Å². The van der Waals surface area contributed by atoms with Crippen LogP contribution in [0.1, 0.15) is 22.3 Å². The van der Waals surface area contributed by atoms with E-state index in [0.29, 0.717) is 12.1 Å². The molecular formula is C16H15Br2NO. The molecule has 2 nitrogen and oxygen atoms in total. The predicted octanol–water partition coefficient (Wildman–Crippen LogP) is 4.57. The minimum Gasteiger partial charge on any atom is -0.352 e. The Kier molecular flexibility index (Phi) is 5.80. The average Bonchev–Trinajstić information content (AvgIpc) is 2.44. The number of carbonyl (C=O) groups excluding carboxylic acids is 1. The number of amides is 1.